The van der Waals surface area contributed by atoms with Gasteiger partial charge in [0.25, 0.3) is 0 Å². The van der Waals surface area contributed by atoms with Gasteiger partial charge in [0.2, 0.25) is 5.89 Å². The van der Waals surface area contributed by atoms with Crippen molar-refractivity contribution in [2.75, 3.05) is 4.90 Å². The zero-order valence-corrected chi connectivity index (χ0v) is 31.2. The van der Waals surface area contributed by atoms with Gasteiger partial charge >= 0.3 is 0 Å². The molecule has 1 unspecified atom stereocenters. The summed E-state index contributed by atoms with van der Waals surface area (Å²) < 4.78 is 8.84. The number of para-hydroxylation sites is 2. The van der Waals surface area contributed by atoms with Gasteiger partial charge in [-0.25, -0.2) is 4.98 Å². The number of allylic oxidation sites excluding steroid dienone is 4. The molecule has 8 aromatic carbocycles. The third-order valence-corrected chi connectivity index (χ3v) is 11.3. The second kappa shape index (κ2) is 13.7. The zero-order valence-electron chi connectivity index (χ0n) is 31.2. The van der Waals surface area contributed by atoms with Crippen LogP contribution in [0.3, 0.4) is 0 Å². The predicted molar refractivity (Wildman–Crippen MR) is 237 cm³/mol. The van der Waals surface area contributed by atoms with Gasteiger partial charge in [-0.15, -0.1) is 0 Å². The van der Waals surface area contributed by atoms with Gasteiger partial charge in [0.15, 0.2) is 5.58 Å². The molecule has 11 rings (SSSR count). The van der Waals surface area contributed by atoms with E-state index in [0.717, 1.165) is 62.0 Å². The fourth-order valence-electron chi connectivity index (χ4n) is 8.70. The smallest absolute Gasteiger partial charge is 0.227 e. The minimum atomic E-state index is 0.234. The molecule has 10 aromatic rings. The number of benzene rings is 8. The van der Waals surface area contributed by atoms with E-state index >= 15 is 0 Å². The maximum Gasteiger partial charge on any atom is 0.227 e. The first kappa shape index (κ1) is 33.0. The molecular weight excluding hydrogens is 695 g/mol. The molecular formula is C53H37N3O. The van der Waals surface area contributed by atoms with Crippen LogP contribution in [-0.4, -0.2) is 9.55 Å². The Kier molecular flexibility index (Phi) is 7.92. The molecule has 2 aromatic heterocycles. The quantitative estimate of drug-likeness (QED) is 0.164. The highest BCUT2D eigenvalue weighted by molar-refractivity contribution is 6.12. The molecule has 0 aliphatic heterocycles. The number of anilines is 3. The fourth-order valence-corrected chi connectivity index (χ4v) is 8.70. The summed E-state index contributed by atoms with van der Waals surface area (Å²) in [5.41, 5.74) is 12.9. The lowest BCUT2D eigenvalue weighted by atomic mass is 9.96. The molecule has 0 N–H and O–H groups in total. The number of fused-ring (bicyclic) bond motifs is 6. The first-order valence-corrected chi connectivity index (χ1v) is 19.6. The number of nitrogens with zero attached hydrogens (tertiary/aromatic N) is 3. The topological polar surface area (TPSA) is 34.2 Å². The van der Waals surface area contributed by atoms with Crippen LogP contribution in [0, 0.1) is 0 Å². The average Bonchev–Trinajstić information content (AvgIpc) is 3.87. The monoisotopic (exact) mass is 731 g/mol. The highest BCUT2D eigenvalue weighted by atomic mass is 16.3. The van der Waals surface area contributed by atoms with Gasteiger partial charge in [0.1, 0.15) is 5.52 Å². The zero-order chi connectivity index (χ0) is 37.7. The third kappa shape index (κ3) is 5.65. The van der Waals surface area contributed by atoms with Crippen LogP contribution >= 0.6 is 0 Å². The molecule has 0 bridgehead atoms. The standard InChI is InChI=1S/C53H37N3O/c1-4-15-36(16-5-1)43-22-10-12-25-47(43)55(42-32-33-46-45-23-11-13-26-48(45)56(49(46)35-42)40-20-8-3-9-21-40)41-30-27-37(28-31-41)44-24-14-19-38-29-34-50-52(51(38)44)54-53(57-50)39-17-6-2-7-18-39/h1-20,22-35,40H,21H2. The molecule has 0 saturated carbocycles. The van der Waals surface area contributed by atoms with E-state index in [1.54, 1.807) is 0 Å². The van der Waals surface area contributed by atoms with Crippen molar-refractivity contribution in [3.8, 4) is 33.7 Å². The third-order valence-electron chi connectivity index (χ3n) is 11.3. The molecule has 1 atom stereocenters. The van der Waals surface area contributed by atoms with Crippen LogP contribution < -0.4 is 4.90 Å². The van der Waals surface area contributed by atoms with Crippen molar-refractivity contribution in [2.45, 2.75) is 12.5 Å². The molecule has 0 radical (unpaired) electrons. The van der Waals surface area contributed by atoms with Crippen molar-refractivity contribution >= 4 is 60.7 Å². The summed E-state index contributed by atoms with van der Waals surface area (Å²) in [6, 6.07) is 65.2. The van der Waals surface area contributed by atoms with E-state index in [1.165, 1.54) is 32.9 Å². The van der Waals surface area contributed by atoms with Crippen molar-refractivity contribution in [3.05, 3.63) is 206 Å². The molecule has 57 heavy (non-hydrogen) atoms. The maximum atomic E-state index is 6.32. The van der Waals surface area contributed by atoms with Crippen LogP contribution in [0.25, 0.3) is 77.4 Å². The van der Waals surface area contributed by atoms with Gasteiger partial charge in [-0.3, -0.25) is 0 Å². The van der Waals surface area contributed by atoms with E-state index < -0.39 is 0 Å². The lowest BCUT2D eigenvalue weighted by Crippen LogP contribution is -2.12. The summed E-state index contributed by atoms with van der Waals surface area (Å²) in [6.45, 7) is 0. The first-order valence-electron chi connectivity index (χ1n) is 19.6. The Morgan fingerprint density at radius 1 is 0.544 bits per heavy atom. The van der Waals surface area contributed by atoms with Crippen molar-refractivity contribution in [1.82, 2.24) is 9.55 Å². The second-order valence-electron chi connectivity index (χ2n) is 14.7. The lowest BCUT2D eigenvalue weighted by Gasteiger charge is -2.28. The summed E-state index contributed by atoms with van der Waals surface area (Å²) in [5.74, 6) is 0.628. The van der Waals surface area contributed by atoms with Gasteiger partial charge in [0.05, 0.1) is 17.2 Å². The molecule has 2 heterocycles. The largest absolute Gasteiger partial charge is 0.436 e. The Balaban J connectivity index is 1.09. The van der Waals surface area contributed by atoms with E-state index in [9.17, 15) is 0 Å². The SMILES string of the molecule is C1=CCC(n2c3ccccc3c3ccc(N(c4ccc(-c5cccc6ccc7oc(-c8ccccc8)nc7c56)cc4)c4ccccc4-c4ccccc4)cc32)C=C1. The maximum absolute atomic E-state index is 6.32. The Hall–Kier alpha value is -7.43. The Labute approximate surface area is 330 Å². The van der Waals surface area contributed by atoms with Crippen molar-refractivity contribution in [1.29, 1.82) is 0 Å². The fraction of sp³-hybridized carbons (Fsp3) is 0.0377. The van der Waals surface area contributed by atoms with Gasteiger partial charge < -0.3 is 13.9 Å². The van der Waals surface area contributed by atoms with Gasteiger partial charge in [-0.05, 0) is 83.1 Å². The first-order chi connectivity index (χ1) is 28.3. The van der Waals surface area contributed by atoms with Crippen LogP contribution in [0.1, 0.15) is 12.5 Å². The van der Waals surface area contributed by atoms with E-state index in [-0.39, 0.29) is 6.04 Å². The Bertz CT molecular complexity index is 3150. The van der Waals surface area contributed by atoms with E-state index in [4.69, 9.17) is 9.40 Å². The Morgan fingerprint density at radius 3 is 2.07 bits per heavy atom. The summed E-state index contributed by atoms with van der Waals surface area (Å²) in [6.07, 6.45) is 9.87. The molecule has 270 valence electrons. The summed E-state index contributed by atoms with van der Waals surface area (Å²) in [7, 11) is 0. The number of rotatable bonds is 7. The van der Waals surface area contributed by atoms with Crippen LogP contribution in [-0.2, 0) is 0 Å². The molecule has 0 fully saturated rings. The predicted octanol–water partition coefficient (Wildman–Crippen LogP) is 14.6. The van der Waals surface area contributed by atoms with Crippen molar-refractivity contribution in [3.63, 3.8) is 0 Å². The Morgan fingerprint density at radius 2 is 1.25 bits per heavy atom. The number of oxazole rings is 1. The average molecular weight is 732 g/mol. The molecule has 0 saturated heterocycles. The minimum Gasteiger partial charge on any atom is -0.436 e. The number of aromatic nitrogens is 2. The highest BCUT2D eigenvalue weighted by Gasteiger charge is 2.22. The van der Waals surface area contributed by atoms with Gasteiger partial charge in [-0.2, -0.15) is 0 Å². The summed E-state index contributed by atoms with van der Waals surface area (Å²) in [5, 5.41) is 4.75. The van der Waals surface area contributed by atoms with E-state index in [0.29, 0.717) is 5.89 Å². The molecule has 0 spiro atoms. The van der Waals surface area contributed by atoms with Crippen molar-refractivity contribution in [2.24, 2.45) is 0 Å². The van der Waals surface area contributed by atoms with E-state index in [2.05, 4.69) is 179 Å². The second-order valence-corrected chi connectivity index (χ2v) is 14.7. The van der Waals surface area contributed by atoms with Crippen LogP contribution in [0.4, 0.5) is 17.1 Å². The minimum absolute atomic E-state index is 0.234. The molecule has 4 heteroatoms. The normalized spacial score (nSPS) is 13.9. The number of hydrogen-bond donors (Lipinski definition) is 0. The molecule has 0 amide bonds. The lowest BCUT2D eigenvalue weighted by molar-refractivity contribution is 0.620. The van der Waals surface area contributed by atoms with Crippen LogP contribution in [0.5, 0.6) is 0 Å². The molecule has 1 aliphatic rings. The summed E-state index contributed by atoms with van der Waals surface area (Å²) in [4.78, 5) is 7.47. The van der Waals surface area contributed by atoms with Crippen LogP contribution in [0.15, 0.2) is 211 Å². The van der Waals surface area contributed by atoms with Crippen LogP contribution in [0.2, 0.25) is 0 Å². The highest BCUT2D eigenvalue weighted by Crippen LogP contribution is 2.45. The van der Waals surface area contributed by atoms with E-state index in [1.807, 2.05) is 36.4 Å². The van der Waals surface area contributed by atoms with Gasteiger partial charge in [0, 0.05) is 44.2 Å². The van der Waals surface area contributed by atoms with Gasteiger partial charge in [-0.1, -0.05) is 152 Å². The summed E-state index contributed by atoms with van der Waals surface area (Å²) >= 11 is 0. The molecule has 1 aliphatic carbocycles. The van der Waals surface area contributed by atoms with Crippen molar-refractivity contribution < 1.29 is 4.42 Å². The number of hydrogen-bond acceptors (Lipinski definition) is 3. The molecule has 4 nitrogen and oxygen atoms in total.